The highest BCUT2D eigenvalue weighted by Crippen LogP contribution is 2.23. The van der Waals surface area contributed by atoms with Gasteiger partial charge in [0.1, 0.15) is 6.54 Å². The van der Waals surface area contributed by atoms with Crippen molar-refractivity contribution in [3.8, 4) is 0 Å². The van der Waals surface area contributed by atoms with Gasteiger partial charge in [0, 0.05) is 56.5 Å². The van der Waals surface area contributed by atoms with Crippen LogP contribution in [0, 0.1) is 0 Å². The minimum absolute atomic E-state index is 0.0146. The second-order valence-corrected chi connectivity index (χ2v) is 8.27. The molecule has 7 heteroatoms. The van der Waals surface area contributed by atoms with Gasteiger partial charge in [-0.1, -0.05) is 60.2 Å². The highest BCUT2D eigenvalue weighted by Gasteiger charge is 2.32. The van der Waals surface area contributed by atoms with E-state index in [1.165, 1.54) is 5.56 Å². The first kappa shape index (κ1) is 21.4. The van der Waals surface area contributed by atoms with Gasteiger partial charge in [-0.3, -0.25) is 14.6 Å². The van der Waals surface area contributed by atoms with Crippen LogP contribution in [0.3, 0.4) is 0 Å². The molecule has 0 saturated carbocycles. The minimum Gasteiger partial charge on any atom is -0.339 e. The molecule has 2 aliphatic rings. The predicted octanol–water partition coefficient (Wildman–Crippen LogP) is 3.44. The Morgan fingerprint density at radius 1 is 0.935 bits per heavy atom. The average Bonchev–Trinajstić information content (AvgIpc) is 3.15. The van der Waals surface area contributed by atoms with Crippen molar-refractivity contribution in [3.05, 3.63) is 71.3 Å². The summed E-state index contributed by atoms with van der Waals surface area (Å²) < 4.78 is 0. The molecule has 31 heavy (non-hydrogen) atoms. The zero-order valence-electron chi connectivity index (χ0n) is 17.5. The Morgan fingerprint density at radius 3 is 2.45 bits per heavy atom. The fourth-order valence-corrected chi connectivity index (χ4v) is 4.14. The van der Waals surface area contributed by atoms with E-state index >= 15 is 0 Å². The summed E-state index contributed by atoms with van der Waals surface area (Å²) in [5, 5.41) is 0.594. The van der Waals surface area contributed by atoms with Crippen LogP contribution in [0.25, 0.3) is 6.08 Å². The normalized spacial score (nSPS) is 17.7. The largest absolute Gasteiger partial charge is 0.339 e. The SMILES string of the molecule is O=C(CN1CCN(c2cccc(Cl)c2)C1=O)N1CCN(C/C=C/c2ccccc2)CC1. The molecule has 2 aliphatic heterocycles. The molecule has 0 atom stereocenters. The van der Waals surface area contributed by atoms with E-state index < -0.39 is 0 Å². The van der Waals surface area contributed by atoms with Gasteiger partial charge in [-0.15, -0.1) is 0 Å². The molecule has 0 spiro atoms. The maximum atomic E-state index is 12.8. The lowest BCUT2D eigenvalue weighted by Gasteiger charge is -2.35. The number of benzene rings is 2. The molecule has 2 saturated heterocycles. The van der Waals surface area contributed by atoms with Gasteiger partial charge in [0.05, 0.1) is 0 Å². The van der Waals surface area contributed by atoms with Crippen molar-refractivity contribution in [2.75, 3.05) is 57.3 Å². The Morgan fingerprint density at radius 2 is 1.71 bits per heavy atom. The summed E-state index contributed by atoms with van der Waals surface area (Å²) in [6, 6.07) is 17.3. The lowest BCUT2D eigenvalue weighted by atomic mass is 10.2. The molecule has 0 unspecified atom stereocenters. The van der Waals surface area contributed by atoms with Crippen molar-refractivity contribution in [1.82, 2.24) is 14.7 Å². The van der Waals surface area contributed by atoms with E-state index in [2.05, 4.69) is 29.2 Å². The summed E-state index contributed by atoms with van der Waals surface area (Å²) in [7, 11) is 0. The average molecular weight is 439 g/mol. The quantitative estimate of drug-likeness (QED) is 0.694. The van der Waals surface area contributed by atoms with Crippen LogP contribution in [0.5, 0.6) is 0 Å². The molecule has 162 valence electrons. The zero-order valence-corrected chi connectivity index (χ0v) is 18.2. The Kier molecular flexibility index (Phi) is 6.89. The summed E-state index contributed by atoms with van der Waals surface area (Å²) in [6.07, 6.45) is 4.29. The highest BCUT2D eigenvalue weighted by molar-refractivity contribution is 6.30. The van der Waals surface area contributed by atoms with Gasteiger partial charge < -0.3 is 9.80 Å². The first-order valence-corrected chi connectivity index (χ1v) is 11.0. The lowest BCUT2D eigenvalue weighted by molar-refractivity contribution is -0.133. The molecule has 6 nitrogen and oxygen atoms in total. The summed E-state index contributed by atoms with van der Waals surface area (Å²) >= 11 is 6.05. The second kappa shape index (κ2) is 9.98. The molecule has 0 N–H and O–H groups in total. The highest BCUT2D eigenvalue weighted by atomic mass is 35.5. The van der Waals surface area contributed by atoms with Crippen LogP contribution in [-0.4, -0.2) is 79.0 Å². The third-order valence-electron chi connectivity index (χ3n) is 5.74. The van der Waals surface area contributed by atoms with E-state index in [1.54, 1.807) is 21.9 Å². The molecule has 0 aromatic heterocycles. The first-order valence-electron chi connectivity index (χ1n) is 10.6. The Labute approximate surface area is 188 Å². The number of halogens is 1. The fourth-order valence-electron chi connectivity index (χ4n) is 3.96. The van der Waals surface area contributed by atoms with Gasteiger partial charge in [0.25, 0.3) is 0 Å². The molecule has 0 bridgehead atoms. The standard InChI is InChI=1S/C24H27ClN4O2/c25-21-9-4-10-22(18-21)29-17-16-28(24(29)31)19-23(30)27-14-12-26(13-15-27)11-5-8-20-6-2-1-3-7-20/h1-10,18H,11-17,19H2/b8-5+. The molecule has 2 aromatic rings. The molecule has 0 aliphatic carbocycles. The molecule has 2 heterocycles. The third-order valence-corrected chi connectivity index (χ3v) is 5.97. The number of piperazine rings is 1. The zero-order chi connectivity index (χ0) is 21.6. The van der Waals surface area contributed by atoms with Gasteiger partial charge in [-0.05, 0) is 23.8 Å². The van der Waals surface area contributed by atoms with E-state index in [0.29, 0.717) is 31.2 Å². The Bertz CT molecular complexity index is 942. The smallest absolute Gasteiger partial charge is 0.325 e. The summed E-state index contributed by atoms with van der Waals surface area (Å²) in [5.41, 5.74) is 1.96. The molecular formula is C24H27ClN4O2. The number of nitrogens with zero attached hydrogens (tertiary/aromatic N) is 4. The summed E-state index contributed by atoms with van der Waals surface area (Å²) in [4.78, 5) is 33.0. The van der Waals surface area contributed by atoms with E-state index in [0.717, 1.165) is 25.3 Å². The summed E-state index contributed by atoms with van der Waals surface area (Å²) in [6.45, 7) is 5.17. The van der Waals surface area contributed by atoms with Gasteiger partial charge in [0.15, 0.2) is 0 Å². The van der Waals surface area contributed by atoms with Gasteiger partial charge in [-0.2, -0.15) is 0 Å². The van der Waals surface area contributed by atoms with Gasteiger partial charge >= 0.3 is 6.03 Å². The van der Waals surface area contributed by atoms with Crippen LogP contribution in [0.1, 0.15) is 5.56 Å². The van der Waals surface area contributed by atoms with Gasteiger partial charge in [-0.25, -0.2) is 4.79 Å². The molecule has 3 amide bonds. The van der Waals surface area contributed by atoms with Crippen LogP contribution in [0.15, 0.2) is 60.7 Å². The number of hydrogen-bond acceptors (Lipinski definition) is 3. The van der Waals surface area contributed by atoms with Crippen LogP contribution < -0.4 is 4.90 Å². The van der Waals surface area contributed by atoms with Crippen LogP contribution in [0.4, 0.5) is 10.5 Å². The first-order chi connectivity index (χ1) is 15.1. The van der Waals surface area contributed by atoms with Crippen molar-refractivity contribution < 1.29 is 9.59 Å². The Hall–Kier alpha value is -2.83. The molecular weight excluding hydrogens is 412 g/mol. The summed E-state index contributed by atoms with van der Waals surface area (Å²) in [5.74, 6) is 0.0146. The van der Waals surface area contributed by atoms with Crippen molar-refractivity contribution in [2.24, 2.45) is 0 Å². The molecule has 4 rings (SSSR count). The van der Waals surface area contributed by atoms with Crippen LogP contribution in [-0.2, 0) is 4.79 Å². The van der Waals surface area contributed by atoms with E-state index in [9.17, 15) is 9.59 Å². The molecule has 2 aromatic carbocycles. The predicted molar refractivity (Wildman–Crippen MR) is 124 cm³/mol. The maximum Gasteiger partial charge on any atom is 0.325 e. The van der Waals surface area contributed by atoms with E-state index in [4.69, 9.17) is 11.6 Å². The second-order valence-electron chi connectivity index (χ2n) is 7.83. The van der Waals surface area contributed by atoms with Crippen LogP contribution >= 0.6 is 11.6 Å². The minimum atomic E-state index is -0.139. The van der Waals surface area contributed by atoms with Crippen molar-refractivity contribution in [1.29, 1.82) is 0 Å². The number of rotatable bonds is 6. The van der Waals surface area contributed by atoms with E-state index in [1.807, 2.05) is 35.2 Å². The maximum absolute atomic E-state index is 12.8. The number of amides is 3. The van der Waals surface area contributed by atoms with Crippen molar-refractivity contribution in [3.63, 3.8) is 0 Å². The number of anilines is 1. The topological polar surface area (TPSA) is 47.1 Å². The monoisotopic (exact) mass is 438 g/mol. The van der Waals surface area contributed by atoms with Crippen molar-refractivity contribution in [2.45, 2.75) is 0 Å². The number of hydrogen-bond donors (Lipinski definition) is 0. The van der Waals surface area contributed by atoms with E-state index in [-0.39, 0.29) is 18.5 Å². The van der Waals surface area contributed by atoms with Crippen molar-refractivity contribution >= 4 is 35.3 Å². The number of carbonyl (C=O) groups is 2. The molecule has 0 radical (unpaired) electrons. The van der Waals surface area contributed by atoms with Gasteiger partial charge in [0.2, 0.25) is 5.91 Å². The molecule has 2 fully saturated rings. The lowest BCUT2D eigenvalue weighted by Crippen LogP contribution is -2.51. The number of carbonyl (C=O) groups excluding carboxylic acids is 2. The number of urea groups is 1. The van der Waals surface area contributed by atoms with Crippen LogP contribution in [0.2, 0.25) is 5.02 Å². The Balaban J connectivity index is 1.23. The third kappa shape index (κ3) is 5.46. The fraction of sp³-hybridized carbons (Fsp3) is 0.333.